The van der Waals surface area contributed by atoms with Crippen LogP contribution in [0.2, 0.25) is 0 Å². The number of rotatable bonds is 6. The molecule has 0 unspecified atom stereocenters. The van der Waals surface area contributed by atoms with E-state index in [0.29, 0.717) is 0 Å². The van der Waals surface area contributed by atoms with E-state index in [1.54, 1.807) is 0 Å². The molecule has 1 saturated heterocycles. The van der Waals surface area contributed by atoms with Crippen molar-refractivity contribution < 1.29 is 4.74 Å². The fourth-order valence-electron chi connectivity index (χ4n) is 3.50. The van der Waals surface area contributed by atoms with E-state index >= 15 is 0 Å². The molecule has 0 saturated carbocycles. The largest absolute Gasteiger partial charge is 0.494 e. The number of hydrogen-bond donors (Lipinski definition) is 1. The Labute approximate surface area is 146 Å². The second-order valence-electron chi connectivity index (χ2n) is 7.35. The quantitative estimate of drug-likeness (QED) is 0.826. The van der Waals surface area contributed by atoms with E-state index in [-0.39, 0.29) is 5.41 Å². The summed E-state index contributed by atoms with van der Waals surface area (Å²) in [5.41, 5.74) is 2.67. The van der Waals surface area contributed by atoms with Gasteiger partial charge in [-0.3, -0.25) is 0 Å². The molecule has 1 fully saturated rings. The van der Waals surface area contributed by atoms with Gasteiger partial charge in [0.1, 0.15) is 5.75 Å². The maximum Gasteiger partial charge on any atom is 0.119 e. The van der Waals surface area contributed by atoms with E-state index in [1.807, 2.05) is 0 Å². The summed E-state index contributed by atoms with van der Waals surface area (Å²) < 4.78 is 5.96. The van der Waals surface area contributed by atoms with Crippen LogP contribution >= 0.6 is 0 Å². The maximum absolute atomic E-state index is 5.96. The Bertz CT molecular complexity index is 612. The Balaban J connectivity index is 1.57. The van der Waals surface area contributed by atoms with Crippen molar-refractivity contribution in [3.63, 3.8) is 0 Å². The van der Waals surface area contributed by atoms with Crippen molar-refractivity contribution in [3.05, 3.63) is 65.7 Å². The molecule has 0 amide bonds. The SMILES string of the molecule is CC(C)(c1ccccc1)c1ccc(OCCC2CCNCC2)cc1. The molecule has 1 N–H and O–H groups in total. The number of benzene rings is 2. The third kappa shape index (κ3) is 4.18. The summed E-state index contributed by atoms with van der Waals surface area (Å²) in [5, 5.41) is 3.42. The minimum Gasteiger partial charge on any atom is -0.494 e. The monoisotopic (exact) mass is 323 g/mol. The first-order valence-corrected chi connectivity index (χ1v) is 9.16. The van der Waals surface area contributed by atoms with Crippen molar-refractivity contribution in [3.8, 4) is 5.75 Å². The smallest absolute Gasteiger partial charge is 0.119 e. The Morgan fingerprint density at radius 1 is 0.917 bits per heavy atom. The molecule has 0 atom stereocenters. The predicted octanol–water partition coefficient (Wildman–Crippen LogP) is 4.78. The van der Waals surface area contributed by atoms with Crippen molar-refractivity contribution >= 4 is 0 Å². The van der Waals surface area contributed by atoms with Crippen LogP contribution in [0.5, 0.6) is 5.75 Å². The molecule has 1 heterocycles. The fourth-order valence-corrected chi connectivity index (χ4v) is 3.50. The molecule has 2 aromatic rings. The van der Waals surface area contributed by atoms with Crippen LogP contribution in [-0.4, -0.2) is 19.7 Å². The molecule has 0 spiro atoms. The maximum atomic E-state index is 5.96. The van der Waals surface area contributed by atoms with Crippen molar-refractivity contribution in [1.82, 2.24) is 5.32 Å². The van der Waals surface area contributed by atoms with Gasteiger partial charge in [-0.25, -0.2) is 0 Å². The van der Waals surface area contributed by atoms with Crippen LogP contribution in [0.3, 0.4) is 0 Å². The number of hydrogen-bond acceptors (Lipinski definition) is 2. The molecule has 3 rings (SSSR count). The zero-order chi connectivity index (χ0) is 16.8. The van der Waals surface area contributed by atoms with Crippen LogP contribution < -0.4 is 10.1 Å². The normalized spacial score (nSPS) is 16.1. The van der Waals surface area contributed by atoms with Crippen LogP contribution in [0.1, 0.15) is 44.2 Å². The molecule has 1 aliphatic rings. The highest BCUT2D eigenvalue weighted by atomic mass is 16.5. The second-order valence-corrected chi connectivity index (χ2v) is 7.35. The highest BCUT2D eigenvalue weighted by Crippen LogP contribution is 2.32. The fraction of sp³-hybridized carbons (Fsp3) is 0.455. The van der Waals surface area contributed by atoms with E-state index in [9.17, 15) is 0 Å². The Kier molecular flexibility index (Phi) is 5.57. The van der Waals surface area contributed by atoms with Gasteiger partial charge in [0.05, 0.1) is 6.61 Å². The highest BCUT2D eigenvalue weighted by Gasteiger charge is 2.22. The van der Waals surface area contributed by atoms with Gasteiger partial charge in [-0.1, -0.05) is 56.3 Å². The first-order valence-electron chi connectivity index (χ1n) is 9.16. The summed E-state index contributed by atoms with van der Waals surface area (Å²) in [6.07, 6.45) is 3.74. The van der Waals surface area contributed by atoms with E-state index < -0.39 is 0 Å². The van der Waals surface area contributed by atoms with E-state index in [0.717, 1.165) is 31.4 Å². The molecule has 2 aromatic carbocycles. The number of piperidine rings is 1. The molecule has 24 heavy (non-hydrogen) atoms. The molecule has 2 heteroatoms. The number of ether oxygens (including phenoxy) is 1. The van der Waals surface area contributed by atoms with Gasteiger partial charge >= 0.3 is 0 Å². The Morgan fingerprint density at radius 3 is 2.21 bits per heavy atom. The van der Waals surface area contributed by atoms with Crippen molar-refractivity contribution in [2.45, 2.75) is 38.5 Å². The van der Waals surface area contributed by atoms with Gasteiger partial charge in [0.15, 0.2) is 0 Å². The van der Waals surface area contributed by atoms with E-state index in [4.69, 9.17) is 4.74 Å². The van der Waals surface area contributed by atoms with Crippen molar-refractivity contribution in [2.24, 2.45) is 5.92 Å². The van der Waals surface area contributed by atoms with Gasteiger partial charge in [0.25, 0.3) is 0 Å². The predicted molar refractivity (Wildman–Crippen MR) is 101 cm³/mol. The highest BCUT2D eigenvalue weighted by molar-refractivity contribution is 5.39. The van der Waals surface area contributed by atoms with Gasteiger partial charge in [-0.05, 0) is 61.5 Å². The first kappa shape index (κ1) is 17.0. The van der Waals surface area contributed by atoms with Crippen LogP contribution in [-0.2, 0) is 5.41 Å². The van der Waals surface area contributed by atoms with Crippen LogP contribution in [0.25, 0.3) is 0 Å². The average Bonchev–Trinajstić information content (AvgIpc) is 2.64. The second kappa shape index (κ2) is 7.85. The van der Waals surface area contributed by atoms with Crippen LogP contribution in [0.4, 0.5) is 0 Å². The van der Waals surface area contributed by atoms with Gasteiger partial charge in [0.2, 0.25) is 0 Å². The summed E-state index contributed by atoms with van der Waals surface area (Å²) in [5.74, 6) is 1.80. The lowest BCUT2D eigenvalue weighted by Gasteiger charge is -2.26. The zero-order valence-electron chi connectivity index (χ0n) is 14.9. The lowest BCUT2D eigenvalue weighted by atomic mass is 9.78. The van der Waals surface area contributed by atoms with Crippen molar-refractivity contribution in [2.75, 3.05) is 19.7 Å². The molecule has 1 aliphatic heterocycles. The first-order chi connectivity index (χ1) is 11.7. The minimum absolute atomic E-state index is 0.00882. The molecule has 0 radical (unpaired) electrons. The third-order valence-corrected chi connectivity index (χ3v) is 5.33. The Hall–Kier alpha value is -1.80. The zero-order valence-corrected chi connectivity index (χ0v) is 14.9. The lowest BCUT2D eigenvalue weighted by molar-refractivity contribution is 0.252. The lowest BCUT2D eigenvalue weighted by Crippen LogP contribution is -2.28. The van der Waals surface area contributed by atoms with Crippen molar-refractivity contribution in [1.29, 1.82) is 0 Å². The van der Waals surface area contributed by atoms with Gasteiger partial charge < -0.3 is 10.1 Å². The summed E-state index contributed by atoms with van der Waals surface area (Å²) in [4.78, 5) is 0. The topological polar surface area (TPSA) is 21.3 Å². The summed E-state index contributed by atoms with van der Waals surface area (Å²) >= 11 is 0. The Morgan fingerprint density at radius 2 is 1.54 bits per heavy atom. The third-order valence-electron chi connectivity index (χ3n) is 5.33. The molecule has 2 nitrogen and oxygen atoms in total. The van der Waals surface area contributed by atoms with E-state index in [1.165, 1.54) is 30.4 Å². The molecular weight excluding hydrogens is 294 g/mol. The summed E-state index contributed by atoms with van der Waals surface area (Å²) in [7, 11) is 0. The molecule has 0 aromatic heterocycles. The van der Waals surface area contributed by atoms with Gasteiger partial charge in [-0.15, -0.1) is 0 Å². The minimum atomic E-state index is 0.00882. The molecule has 128 valence electrons. The van der Waals surface area contributed by atoms with Crippen LogP contribution in [0.15, 0.2) is 54.6 Å². The van der Waals surface area contributed by atoms with E-state index in [2.05, 4.69) is 73.8 Å². The molecular formula is C22H29NO. The molecule has 0 aliphatic carbocycles. The molecule has 0 bridgehead atoms. The average molecular weight is 323 g/mol. The summed E-state index contributed by atoms with van der Waals surface area (Å²) in [6, 6.07) is 19.3. The number of nitrogens with one attached hydrogen (secondary N) is 1. The standard InChI is InChI=1S/C22H29NO/c1-22(2,19-6-4-3-5-7-19)20-8-10-21(11-9-20)24-17-14-18-12-15-23-16-13-18/h3-11,18,23H,12-17H2,1-2H3. The van der Waals surface area contributed by atoms with Crippen LogP contribution in [0, 0.1) is 5.92 Å². The van der Waals surface area contributed by atoms with Gasteiger partial charge in [-0.2, -0.15) is 0 Å². The van der Waals surface area contributed by atoms with Gasteiger partial charge in [0, 0.05) is 5.41 Å². The summed E-state index contributed by atoms with van der Waals surface area (Å²) in [6.45, 7) is 7.69.